The van der Waals surface area contributed by atoms with Crippen LogP contribution in [0.25, 0.3) is 0 Å². The summed E-state index contributed by atoms with van der Waals surface area (Å²) in [6.07, 6.45) is 21.2. The fourth-order valence-electron chi connectivity index (χ4n) is 2.35. The van der Waals surface area contributed by atoms with Crippen molar-refractivity contribution in [1.29, 1.82) is 0 Å². The van der Waals surface area contributed by atoms with Gasteiger partial charge in [-0.2, -0.15) is 0 Å². The van der Waals surface area contributed by atoms with E-state index in [1.165, 1.54) is 70.6 Å². The largest absolute Gasteiger partial charge is 0.481 e. The number of aliphatic carboxylic acids is 1. The second-order valence-electron chi connectivity index (χ2n) is 5.73. The van der Waals surface area contributed by atoms with Gasteiger partial charge < -0.3 is 5.11 Å². The zero-order valence-corrected chi connectivity index (χ0v) is 26.4. The summed E-state index contributed by atoms with van der Waals surface area (Å²) in [4.78, 5) is 10.3. The van der Waals surface area contributed by atoms with Crippen molar-refractivity contribution in [3.8, 4) is 0 Å². The Bertz CT molecular complexity index is 269. The molecule has 1 N–H and O–H groups in total. The fraction of sp³-hybridized carbons (Fsp3) is 0.833. The van der Waals surface area contributed by atoms with Gasteiger partial charge in [0, 0.05) is 135 Å². The quantitative estimate of drug-likeness (QED) is 0.127. The average Bonchev–Trinajstić information content (AvgIpc) is 2.43. The minimum atomic E-state index is -0.664. The van der Waals surface area contributed by atoms with E-state index < -0.39 is 5.97 Å². The summed E-state index contributed by atoms with van der Waals surface area (Å²) in [6, 6.07) is 0. The molecule has 0 aromatic heterocycles. The van der Waals surface area contributed by atoms with Gasteiger partial charge in [0.2, 0.25) is 0 Å². The molecule has 2 radical (unpaired) electrons. The number of carbonyl (C=O) groups is 1. The van der Waals surface area contributed by atoms with Crippen LogP contribution in [0.4, 0.5) is 0 Å². The Labute approximate surface area is 250 Å². The van der Waals surface area contributed by atoms with Crippen molar-refractivity contribution in [1.82, 2.24) is 0 Å². The number of allylic oxidation sites excluding steroid dienone is 2. The number of rotatable bonds is 15. The summed E-state index contributed by atoms with van der Waals surface area (Å²) in [5, 5.41) is 8.51. The first-order valence-electron chi connectivity index (χ1n) is 8.64. The van der Waals surface area contributed by atoms with Gasteiger partial charge in [0.25, 0.3) is 0 Å². The Morgan fingerprint density at radius 3 is 1.54 bits per heavy atom. The van der Waals surface area contributed by atoms with Crippen LogP contribution in [0.15, 0.2) is 12.2 Å². The van der Waals surface area contributed by atoms with E-state index in [1.54, 1.807) is 0 Å². The first-order valence-corrected chi connectivity index (χ1v) is 8.64. The minimum Gasteiger partial charge on any atom is -0.481 e. The molecule has 0 bridgehead atoms. The Morgan fingerprint density at radius 1 is 0.808 bits per heavy atom. The smallest absolute Gasteiger partial charge is 0.303 e. The van der Waals surface area contributed by atoms with Gasteiger partial charge in [-0.25, -0.2) is 0 Å². The Hall–Kier alpha value is 3.25. The van der Waals surface area contributed by atoms with Gasteiger partial charge >= 0.3 is 5.97 Å². The van der Waals surface area contributed by atoms with Crippen molar-refractivity contribution in [2.75, 3.05) is 0 Å². The van der Waals surface area contributed by atoms with Crippen molar-refractivity contribution in [2.45, 2.75) is 96.8 Å². The molecule has 0 fully saturated rings. The van der Waals surface area contributed by atoms with E-state index in [9.17, 15) is 4.79 Å². The van der Waals surface area contributed by atoms with E-state index in [1.807, 2.05) is 0 Å². The van der Waals surface area contributed by atoms with Gasteiger partial charge in [0.05, 0.1) is 0 Å². The maximum Gasteiger partial charge on any atom is 0.303 e. The van der Waals surface area contributed by atoms with Crippen LogP contribution in [-0.2, 0) is 91.7 Å². The number of carboxylic acid groups (broad SMARTS) is 1. The number of hydrogen-bond donors (Lipinski definition) is 1. The summed E-state index contributed by atoms with van der Waals surface area (Å²) in [5.74, 6) is -0.664. The first kappa shape index (κ1) is 47.2. The SMILES string of the molecule is CCCCCCCC/C=C\CCCCCCCC(=O)O.[Ce].[Co].[Fe].[Mn].[Ni].[Zn]. The molecular formula is C18H34CeCoFeMnNiO2Zn. The molecule has 0 aromatic carbocycles. The third kappa shape index (κ3) is 45.8. The molecule has 0 aliphatic rings. The monoisotopic (exact) mass is 714 g/mol. The molecule has 8 heteroatoms. The van der Waals surface area contributed by atoms with Crippen LogP contribution in [0.1, 0.15) is 96.8 Å². The Kier molecular flexibility index (Phi) is 76.8. The van der Waals surface area contributed by atoms with Crippen LogP contribution >= 0.6 is 0 Å². The third-order valence-corrected chi connectivity index (χ3v) is 3.65. The van der Waals surface area contributed by atoms with Gasteiger partial charge in [0.15, 0.2) is 0 Å². The number of unbranched alkanes of at least 4 members (excludes halogenated alkanes) is 11. The van der Waals surface area contributed by atoms with Crippen LogP contribution in [-0.4, -0.2) is 11.1 Å². The minimum absolute atomic E-state index is 0. The number of hydrogen-bond acceptors (Lipinski definition) is 1. The van der Waals surface area contributed by atoms with Gasteiger partial charge in [-0.1, -0.05) is 70.4 Å². The standard InChI is InChI=1S/C18H34O2.Ce.Co.Fe.Mn.Ni.Zn/c1-2-3-4-5-6-7-8-9-10-11-12-13-14-15-16-17-18(19)20;;;;;;/h9-10H,2-8,11-17H2,1H3,(H,19,20);;;;;;/b10-9-;;;;;;. The van der Waals surface area contributed by atoms with Crippen molar-refractivity contribution in [2.24, 2.45) is 0 Å². The molecule has 0 aliphatic carbocycles. The summed E-state index contributed by atoms with van der Waals surface area (Å²) in [7, 11) is 0. The second-order valence-corrected chi connectivity index (χ2v) is 5.73. The van der Waals surface area contributed by atoms with Crippen molar-refractivity contribution in [3.05, 3.63) is 12.2 Å². The van der Waals surface area contributed by atoms with Crippen molar-refractivity contribution in [3.63, 3.8) is 0 Å². The predicted molar refractivity (Wildman–Crippen MR) is 87.1 cm³/mol. The zero-order chi connectivity index (χ0) is 14.9. The summed E-state index contributed by atoms with van der Waals surface area (Å²) < 4.78 is 0. The molecule has 0 atom stereocenters. The molecule has 26 heavy (non-hydrogen) atoms. The van der Waals surface area contributed by atoms with E-state index in [0.717, 1.165) is 12.8 Å². The molecular weight excluding hydrogens is 682 g/mol. The van der Waals surface area contributed by atoms with E-state index in [2.05, 4.69) is 19.1 Å². The molecule has 0 spiro atoms. The molecule has 0 saturated carbocycles. The molecule has 0 rings (SSSR count). The molecule has 0 amide bonds. The molecule has 0 unspecified atom stereocenters. The second kappa shape index (κ2) is 42.4. The summed E-state index contributed by atoms with van der Waals surface area (Å²) in [6.45, 7) is 2.26. The third-order valence-electron chi connectivity index (χ3n) is 3.65. The van der Waals surface area contributed by atoms with Crippen LogP contribution in [0, 0.1) is 41.7 Å². The molecule has 0 aromatic rings. The maximum absolute atomic E-state index is 10.3. The van der Waals surface area contributed by atoms with E-state index in [4.69, 9.17) is 5.11 Å². The fourth-order valence-corrected chi connectivity index (χ4v) is 2.35. The van der Waals surface area contributed by atoms with Crippen LogP contribution in [0.2, 0.25) is 0 Å². The Morgan fingerprint density at radius 2 is 1.15 bits per heavy atom. The molecule has 0 heterocycles. The summed E-state index contributed by atoms with van der Waals surface area (Å²) >= 11 is 0. The number of carboxylic acids is 1. The van der Waals surface area contributed by atoms with Gasteiger partial charge in [0.1, 0.15) is 0 Å². The van der Waals surface area contributed by atoms with Gasteiger partial charge in [-0.15, -0.1) is 0 Å². The van der Waals surface area contributed by atoms with E-state index in [0.29, 0.717) is 6.42 Å². The zero-order valence-electron chi connectivity index (χ0n) is 16.0. The average molecular weight is 716 g/mol. The van der Waals surface area contributed by atoms with Gasteiger partial charge in [-0.05, 0) is 32.1 Å². The molecule has 0 saturated heterocycles. The summed E-state index contributed by atoms with van der Waals surface area (Å²) in [5.41, 5.74) is 0. The first-order chi connectivity index (χ1) is 9.77. The molecule has 2 nitrogen and oxygen atoms in total. The van der Waals surface area contributed by atoms with Gasteiger partial charge in [-0.3, -0.25) is 4.79 Å². The van der Waals surface area contributed by atoms with Crippen LogP contribution < -0.4 is 0 Å². The topological polar surface area (TPSA) is 37.3 Å². The normalized spacial score (nSPS) is 8.65. The molecule has 0 aliphatic heterocycles. The Balaban J connectivity index is -0.000000120. The van der Waals surface area contributed by atoms with E-state index >= 15 is 0 Å². The van der Waals surface area contributed by atoms with Crippen LogP contribution in [0.3, 0.4) is 0 Å². The van der Waals surface area contributed by atoms with Crippen LogP contribution in [0.5, 0.6) is 0 Å². The van der Waals surface area contributed by atoms with Crippen molar-refractivity contribution < 1.29 is 139 Å². The van der Waals surface area contributed by atoms with E-state index in [-0.39, 0.29) is 129 Å². The molecule has 158 valence electrons. The predicted octanol–water partition coefficient (Wildman–Crippen LogP) is 6.10. The van der Waals surface area contributed by atoms with Crippen molar-refractivity contribution >= 4 is 5.97 Å². The maximum atomic E-state index is 10.3.